The molecule has 0 radical (unpaired) electrons. The molecule has 2 fully saturated rings. The molecule has 0 aromatic carbocycles. The number of thiazole rings is 1. The molecule has 3 amide bonds. The van der Waals surface area contributed by atoms with Crippen molar-refractivity contribution in [3.8, 4) is 0 Å². The van der Waals surface area contributed by atoms with E-state index in [1.807, 2.05) is 40.3 Å². The van der Waals surface area contributed by atoms with Gasteiger partial charge in [-0.3, -0.25) is 4.79 Å². The van der Waals surface area contributed by atoms with Crippen molar-refractivity contribution in [1.82, 2.24) is 29.5 Å². The fourth-order valence-electron chi connectivity index (χ4n) is 4.64. The van der Waals surface area contributed by atoms with E-state index in [0.717, 1.165) is 36.8 Å². The standard InChI is InChI=1S/C24H30N8O2S/c1-2-32-21(6-10-26-32)28-22(33)19-17-35-23(27-19)18-7-11-30(12-8-18)24(34)31-15-13-29(14-16-31)20-5-3-4-9-25-20/h3-6,9-10,17-18H,2,7-8,11-16H2,1H3,(H,28,33). The summed E-state index contributed by atoms with van der Waals surface area (Å²) in [4.78, 5) is 40.9. The predicted octanol–water partition coefficient (Wildman–Crippen LogP) is 3.13. The largest absolute Gasteiger partial charge is 0.353 e. The molecule has 11 heteroatoms. The molecule has 2 saturated heterocycles. The highest BCUT2D eigenvalue weighted by atomic mass is 32.1. The number of amides is 3. The third kappa shape index (κ3) is 5.14. The minimum absolute atomic E-state index is 0.121. The lowest BCUT2D eigenvalue weighted by Gasteiger charge is -2.39. The van der Waals surface area contributed by atoms with Gasteiger partial charge in [-0.1, -0.05) is 6.07 Å². The van der Waals surface area contributed by atoms with Gasteiger partial charge in [0.15, 0.2) is 0 Å². The van der Waals surface area contributed by atoms with Crippen LogP contribution >= 0.6 is 11.3 Å². The van der Waals surface area contributed by atoms with Crippen LogP contribution in [-0.2, 0) is 6.54 Å². The molecule has 0 bridgehead atoms. The number of likely N-dealkylation sites (tertiary alicyclic amines) is 1. The lowest BCUT2D eigenvalue weighted by atomic mass is 9.98. The van der Waals surface area contributed by atoms with Crippen LogP contribution in [0.4, 0.5) is 16.4 Å². The second-order valence-corrected chi connectivity index (χ2v) is 9.65. The van der Waals surface area contributed by atoms with Gasteiger partial charge in [-0.15, -0.1) is 11.3 Å². The molecule has 10 nitrogen and oxygen atoms in total. The van der Waals surface area contributed by atoms with E-state index in [1.165, 1.54) is 11.3 Å². The van der Waals surface area contributed by atoms with Gasteiger partial charge in [-0.05, 0) is 31.9 Å². The van der Waals surface area contributed by atoms with Crippen molar-refractivity contribution < 1.29 is 9.59 Å². The zero-order valence-corrected chi connectivity index (χ0v) is 20.7. The van der Waals surface area contributed by atoms with E-state index in [4.69, 9.17) is 0 Å². The normalized spacial score (nSPS) is 17.0. The number of piperazine rings is 1. The van der Waals surface area contributed by atoms with E-state index < -0.39 is 0 Å². The summed E-state index contributed by atoms with van der Waals surface area (Å²) in [5, 5.41) is 9.84. The van der Waals surface area contributed by atoms with Gasteiger partial charge >= 0.3 is 6.03 Å². The molecule has 5 heterocycles. The first-order chi connectivity index (χ1) is 17.1. The number of carbonyl (C=O) groups is 2. The Morgan fingerprint density at radius 1 is 1.03 bits per heavy atom. The van der Waals surface area contributed by atoms with E-state index in [9.17, 15) is 9.59 Å². The van der Waals surface area contributed by atoms with Gasteiger partial charge in [0.2, 0.25) is 0 Å². The maximum absolute atomic E-state index is 13.1. The van der Waals surface area contributed by atoms with Crippen LogP contribution in [0, 0.1) is 0 Å². The molecular formula is C24H30N8O2S. The number of aryl methyl sites for hydroxylation is 1. The third-order valence-electron chi connectivity index (χ3n) is 6.65. The van der Waals surface area contributed by atoms with Gasteiger partial charge < -0.3 is 20.0 Å². The van der Waals surface area contributed by atoms with Crippen LogP contribution in [0.25, 0.3) is 0 Å². The fraction of sp³-hybridized carbons (Fsp3) is 0.458. The SMILES string of the molecule is CCn1nccc1NC(=O)c1csc(C2CCN(C(=O)N3CCN(c4ccccn4)CC3)CC2)n1. The molecular weight excluding hydrogens is 464 g/mol. The summed E-state index contributed by atoms with van der Waals surface area (Å²) in [5.41, 5.74) is 0.429. The van der Waals surface area contributed by atoms with Crippen molar-refractivity contribution in [2.24, 2.45) is 0 Å². The number of nitrogens with zero attached hydrogens (tertiary/aromatic N) is 7. The molecule has 0 spiro atoms. The Bertz CT molecular complexity index is 1150. The highest BCUT2D eigenvalue weighted by Gasteiger charge is 2.30. The number of hydrogen-bond acceptors (Lipinski definition) is 7. The van der Waals surface area contributed by atoms with E-state index in [0.29, 0.717) is 44.2 Å². The zero-order valence-electron chi connectivity index (χ0n) is 19.8. The minimum Gasteiger partial charge on any atom is -0.353 e. The lowest BCUT2D eigenvalue weighted by molar-refractivity contribution is 0.102. The van der Waals surface area contributed by atoms with Crippen LogP contribution in [0.2, 0.25) is 0 Å². The fourth-order valence-corrected chi connectivity index (χ4v) is 5.61. The summed E-state index contributed by atoms with van der Waals surface area (Å²) >= 11 is 1.52. The van der Waals surface area contributed by atoms with Crippen LogP contribution in [0.15, 0.2) is 42.0 Å². The number of rotatable bonds is 5. The molecule has 2 aliphatic heterocycles. The van der Waals surface area contributed by atoms with Crippen molar-refractivity contribution in [3.63, 3.8) is 0 Å². The van der Waals surface area contributed by atoms with Gasteiger partial charge in [0.1, 0.15) is 17.3 Å². The highest BCUT2D eigenvalue weighted by Crippen LogP contribution is 2.31. The smallest absolute Gasteiger partial charge is 0.320 e. The molecule has 3 aromatic heterocycles. The molecule has 2 aliphatic rings. The number of carbonyl (C=O) groups excluding carboxylic acids is 2. The number of pyridine rings is 1. The van der Waals surface area contributed by atoms with Crippen molar-refractivity contribution in [2.45, 2.75) is 32.2 Å². The lowest BCUT2D eigenvalue weighted by Crippen LogP contribution is -2.54. The molecule has 35 heavy (non-hydrogen) atoms. The van der Waals surface area contributed by atoms with Gasteiger partial charge in [-0.2, -0.15) is 5.10 Å². The number of anilines is 2. The number of aromatic nitrogens is 4. The molecule has 3 aromatic rings. The van der Waals surface area contributed by atoms with Crippen LogP contribution in [-0.4, -0.2) is 80.8 Å². The van der Waals surface area contributed by atoms with Crippen LogP contribution in [0.3, 0.4) is 0 Å². The van der Waals surface area contributed by atoms with E-state index in [2.05, 4.69) is 25.3 Å². The number of urea groups is 1. The molecule has 1 N–H and O–H groups in total. The Labute approximate surface area is 208 Å². The Hall–Kier alpha value is -3.47. The number of hydrogen-bond donors (Lipinski definition) is 1. The second-order valence-electron chi connectivity index (χ2n) is 8.76. The van der Waals surface area contributed by atoms with Crippen molar-refractivity contribution in [1.29, 1.82) is 0 Å². The van der Waals surface area contributed by atoms with Gasteiger partial charge in [0.05, 0.1) is 11.2 Å². The topological polar surface area (TPSA) is 99.5 Å². The predicted molar refractivity (Wildman–Crippen MR) is 135 cm³/mol. The average Bonchev–Trinajstić information content (AvgIpc) is 3.59. The molecule has 0 unspecified atom stereocenters. The molecule has 0 saturated carbocycles. The maximum atomic E-state index is 13.1. The Morgan fingerprint density at radius 2 is 1.80 bits per heavy atom. The van der Waals surface area contributed by atoms with Gasteiger partial charge in [0.25, 0.3) is 5.91 Å². The first kappa shape index (κ1) is 23.3. The van der Waals surface area contributed by atoms with Crippen molar-refractivity contribution in [3.05, 3.63) is 52.7 Å². The van der Waals surface area contributed by atoms with E-state index >= 15 is 0 Å². The summed E-state index contributed by atoms with van der Waals surface area (Å²) in [5.74, 6) is 1.68. The number of piperidine rings is 1. The van der Waals surface area contributed by atoms with E-state index in [-0.39, 0.29) is 17.9 Å². The highest BCUT2D eigenvalue weighted by molar-refractivity contribution is 7.10. The summed E-state index contributed by atoms with van der Waals surface area (Å²) in [6.45, 7) is 7.07. The van der Waals surface area contributed by atoms with Crippen molar-refractivity contribution >= 4 is 34.9 Å². The van der Waals surface area contributed by atoms with Crippen LogP contribution in [0.1, 0.15) is 41.2 Å². The first-order valence-corrected chi connectivity index (χ1v) is 13.0. The Balaban J connectivity index is 1.11. The summed E-state index contributed by atoms with van der Waals surface area (Å²) < 4.78 is 1.73. The minimum atomic E-state index is -0.222. The zero-order chi connectivity index (χ0) is 24.2. The summed E-state index contributed by atoms with van der Waals surface area (Å²) in [7, 11) is 0. The average molecular weight is 495 g/mol. The van der Waals surface area contributed by atoms with Crippen LogP contribution < -0.4 is 10.2 Å². The quantitative estimate of drug-likeness (QED) is 0.585. The third-order valence-corrected chi connectivity index (χ3v) is 7.66. The van der Waals surface area contributed by atoms with Crippen molar-refractivity contribution in [2.75, 3.05) is 49.5 Å². The monoisotopic (exact) mass is 494 g/mol. The van der Waals surface area contributed by atoms with Crippen LogP contribution in [0.5, 0.6) is 0 Å². The number of nitrogens with one attached hydrogen (secondary N) is 1. The molecule has 5 rings (SSSR count). The summed E-state index contributed by atoms with van der Waals surface area (Å²) in [6, 6.07) is 7.81. The first-order valence-electron chi connectivity index (χ1n) is 12.1. The Morgan fingerprint density at radius 3 is 2.51 bits per heavy atom. The maximum Gasteiger partial charge on any atom is 0.320 e. The second kappa shape index (κ2) is 10.4. The molecule has 0 aliphatic carbocycles. The summed E-state index contributed by atoms with van der Waals surface area (Å²) in [6.07, 6.45) is 5.19. The molecule has 0 atom stereocenters. The molecule has 184 valence electrons. The van der Waals surface area contributed by atoms with E-state index in [1.54, 1.807) is 23.1 Å². The van der Waals surface area contributed by atoms with Gasteiger partial charge in [-0.25, -0.2) is 19.4 Å². The van der Waals surface area contributed by atoms with Gasteiger partial charge in [0, 0.05) is 69.4 Å². The Kier molecular flexibility index (Phi) is 6.94.